The molecule has 68 valence electrons. The number of hydrogen-bond donors (Lipinski definition) is 2. The number of hydrogen-bond acceptors (Lipinski definition) is 6. The van der Waals surface area contributed by atoms with Crippen molar-refractivity contribution < 1.29 is 0 Å². The second-order valence-corrected chi connectivity index (χ2v) is 3.05. The van der Waals surface area contributed by atoms with Crippen LogP contribution in [0.15, 0.2) is 9.95 Å². The minimum Gasteiger partial charge on any atom is -0.378 e. The van der Waals surface area contributed by atoms with E-state index in [4.69, 9.17) is 5.73 Å². The number of nitrogens with zero attached hydrogens (tertiary/aromatic N) is 4. The van der Waals surface area contributed by atoms with Crippen molar-refractivity contribution in [1.82, 2.24) is 24.8 Å². The van der Waals surface area contributed by atoms with E-state index < -0.39 is 5.56 Å². The first-order valence-electron chi connectivity index (χ1n) is 3.37. The van der Waals surface area contributed by atoms with Gasteiger partial charge in [0.15, 0.2) is 5.16 Å². The molecule has 0 saturated heterocycles. The van der Waals surface area contributed by atoms with E-state index in [0.29, 0.717) is 5.16 Å². The van der Waals surface area contributed by atoms with Gasteiger partial charge in [-0.15, -0.1) is 10.2 Å². The predicted molar refractivity (Wildman–Crippen MR) is 47.6 cm³/mol. The van der Waals surface area contributed by atoms with Crippen LogP contribution in [0.2, 0.25) is 0 Å². The van der Waals surface area contributed by atoms with Crippen LogP contribution in [0, 0.1) is 0 Å². The van der Waals surface area contributed by atoms with Crippen molar-refractivity contribution in [2.45, 2.75) is 5.16 Å². The molecule has 0 aliphatic heterocycles. The van der Waals surface area contributed by atoms with E-state index in [2.05, 4.69) is 20.3 Å². The Hall–Kier alpha value is -1.57. The summed E-state index contributed by atoms with van der Waals surface area (Å²) in [6.07, 6.45) is 1.83. The van der Waals surface area contributed by atoms with Crippen molar-refractivity contribution in [3.63, 3.8) is 0 Å². The average Bonchev–Trinajstić information content (AvgIpc) is 2.55. The third kappa shape index (κ3) is 1.15. The highest BCUT2D eigenvalue weighted by Crippen LogP contribution is 2.07. The number of nitrogens with two attached hydrogens (primary N) is 1. The van der Waals surface area contributed by atoms with E-state index in [1.807, 2.05) is 6.26 Å². The van der Waals surface area contributed by atoms with Gasteiger partial charge in [-0.3, -0.25) is 9.89 Å². The van der Waals surface area contributed by atoms with Gasteiger partial charge in [-0.2, -0.15) is 9.50 Å². The number of aromatic amines is 1. The molecule has 0 aliphatic rings. The zero-order valence-corrected chi connectivity index (χ0v) is 7.50. The third-order valence-electron chi connectivity index (χ3n) is 1.47. The molecular formula is C5H6N6OS. The van der Waals surface area contributed by atoms with Gasteiger partial charge in [-0.1, -0.05) is 11.8 Å². The highest BCUT2D eigenvalue weighted by Gasteiger charge is 2.07. The van der Waals surface area contributed by atoms with Crippen LogP contribution in [0.1, 0.15) is 0 Å². The maximum atomic E-state index is 11.3. The molecular weight excluding hydrogens is 192 g/mol. The molecule has 8 heteroatoms. The molecule has 0 aromatic carbocycles. The van der Waals surface area contributed by atoms with Gasteiger partial charge in [0.05, 0.1) is 0 Å². The summed E-state index contributed by atoms with van der Waals surface area (Å²) in [5.41, 5.74) is 4.84. The lowest BCUT2D eigenvalue weighted by atomic mass is 10.7. The second-order valence-electron chi connectivity index (χ2n) is 2.26. The summed E-state index contributed by atoms with van der Waals surface area (Å²) in [7, 11) is 0. The number of rotatable bonds is 1. The molecule has 0 radical (unpaired) electrons. The molecule has 0 bridgehead atoms. The minimum atomic E-state index is -0.433. The summed E-state index contributed by atoms with van der Waals surface area (Å²) in [6.45, 7) is 0. The molecule has 0 fully saturated rings. The number of thioether (sulfide) groups is 1. The van der Waals surface area contributed by atoms with Gasteiger partial charge in [0.2, 0.25) is 5.82 Å². The van der Waals surface area contributed by atoms with Crippen LogP contribution in [0.5, 0.6) is 0 Å². The average molecular weight is 198 g/mol. The van der Waals surface area contributed by atoms with Crippen LogP contribution < -0.4 is 11.3 Å². The van der Waals surface area contributed by atoms with Gasteiger partial charge in [0.1, 0.15) is 0 Å². The first kappa shape index (κ1) is 8.05. The van der Waals surface area contributed by atoms with Gasteiger partial charge in [0, 0.05) is 0 Å². The minimum absolute atomic E-state index is 0.145. The van der Waals surface area contributed by atoms with Crippen molar-refractivity contribution in [3.8, 4) is 0 Å². The summed E-state index contributed by atoms with van der Waals surface area (Å²) >= 11 is 1.37. The summed E-state index contributed by atoms with van der Waals surface area (Å²) in [5.74, 6) is 0.0809. The second kappa shape index (κ2) is 2.73. The summed E-state index contributed by atoms with van der Waals surface area (Å²) < 4.78 is 1.16. The fraction of sp³-hybridized carbons (Fsp3) is 0.200. The molecule has 2 aromatic rings. The predicted octanol–water partition coefficient (Wildman–Crippen LogP) is -0.883. The highest BCUT2D eigenvalue weighted by atomic mass is 32.2. The maximum absolute atomic E-state index is 11.3. The molecule has 0 saturated carbocycles. The van der Waals surface area contributed by atoms with Gasteiger partial charge in [0.25, 0.3) is 5.78 Å². The van der Waals surface area contributed by atoms with Crippen LogP contribution in [0.4, 0.5) is 5.82 Å². The van der Waals surface area contributed by atoms with Gasteiger partial charge in [-0.25, -0.2) is 0 Å². The molecule has 3 N–H and O–H groups in total. The van der Waals surface area contributed by atoms with E-state index in [1.54, 1.807) is 0 Å². The quantitative estimate of drug-likeness (QED) is 0.577. The zero-order chi connectivity index (χ0) is 9.42. The first-order chi connectivity index (χ1) is 6.22. The molecule has 0 aliphatic carbocycles. The lowest BCUT2D eigenvalue weighted by Crippen LogP contribution is -2.20. The van der Waals surface area contributed by atoms with Crippen LogP contribution in [-0.2, 0) is 0 Å². The molecule has 13 heavy (non-hydrogen) atoms. The largest absolute Gasteiger partial charge is 0.378 e. The normalized spacial score (nSPS) is 10.8. The Morgan fingerprint density at radius 2 is 2.31 bits per heavy atom. The van der Waals surface area contributed by atoms with Crippen LogP contribution in [-0.4, -0.2) is 31.1 Å². The Bertz CT molecular complexity index is 501. The SMILES string of the molecule is CSc1nc2nnc(N)c(=O)n2[nH]1. The number of anilines is 1. The van der Waals surface area contributed by atoms with Gasteiger partial charge >= 0.3 is 5.56 Å². The van der Waals surface area contributed by atoms with E-state index in [9.17, 15) is 4.79 Å². The standard InChI is InChI=1S/C5H6N6OS/c1-13-5-7-4-9-8-2(6)3(12)11(4)10-5/h1H3,(H2,6,8)(H,7,9,10). The Labute approximate surface area is 76.4 Å². The van der Waals surface area contributed by atoms with E-state index >= 15 is 0 Å². The highest BCUT2D eigenvalue weighted by molar-refractivity contribution is 7.98. The van der Waals surface area contributed by atoms with Crippen molar-refractivity contribution in [3.05, 3.63) is 10.4 Å². The van der Waals surface area contributed by atoms with E-state index in [-0.39, 0.29) is 11.6 Å². The summed E-state index contributed by atoms with van der Waals surface area (Å²) in [5, 5.41) is 10.4. The summed E-state index contributed by atoms with van der Waals surface area (Å²) in [4.78, 5) is 15.3. The van der Waals surface area contributed by atoms with Gasteiger partial charge in [-0.05, 0) is 6.26 Å². The van der Waals surface area contributed by atoms with Gasteiger partial charge < -0.3 is 5.73 Å². The molecule has 0 amide bonds. The third-order valence-corrected chi connectivity index (χ3v) is 2.04. The monoisotopic (exact) mass is 198 g/mol. The van der Waals surface area contributed by atoms with Crippen LogP contribution in [0.25, 0.3) is 5.78 Å². The first-order valence-corrected chi connectivity index (χ1v) is 4.60. The smallest absolute Gasteiger partial charge is 0.316 e. The van der Waals surface area contributed by atoms with E-state index in [1.165, 1.54) is 11.8 Å². The number of nitrogen functional groups attached to an aromatic ring is 1. The number of fused-ring (bicyclic) bond motifs is 1. The number of aromatic nitrogens is 5. The molecule has 2 aromatic heterocycles. The zero-order valence-electron chi connectivity index (χ0n) is 6.68. The lowest BCUT2D eigenvalue weighted by Gasteiger charge is -1.89. The topological polar surface area (TPSA) is 102 Å². The van der Waals surface area contributed by atoms with Crippen LogP contribution >= 0.6 is 11.8 Å². The van der Waals surface area contributed by atoms with Crippen molar-refractivity contribution >= 4 is 23.4 Å². The molecule has 0 spiro atoms. The Kier molecular flexibility index (Phi) is 1.69. The lowest BCUT2D eigenvalue weighted by molar-refractivity contribution is 0.829. The Morgan fingerprint density at radius 3 is 3.00 bits per heavy atom. The summed E-state index contributed by atoms with van der Waals surface area (Å²) in [6, 6.07) is 0. The molecule has 2 heterocycles. The van der Waals surface area contributed by atoms with Crippen molar-refractivity contribution in [1.29, 1.82) is 0 Å². The Balaban J connectivity index is 2.84. The molecule has 0 unspecified atom stereocenters. The fourth-order valence-corrected chi connectivity index (χ4v) is 1.22. The fourth-order valence-electron chi connectivity index (χ4n) is 0.867. The van der Waals surface area contributed by atoms with Crippen LogP contribution in [0.3, 0.4) is 0 Å². The maximum Gasteiger partial charge on any atom is 0.316 e. The number of H-pyrrole nitrogens is 1. The molecule has 0 atom stereocenters. The van der Waals surface area contributed by atoms with Crippen molar-refractivity contribution in [2.75, 3.05) is 12.0 Å². The Morgan fingerprint density at radius 1 is 1.54 bits per heavy atom. The van der Waals surface area contributed by atoms with Crippen molar-refractivity contribution in [2.24, 2.45) is 0 Å². The van der Waals surface area contributed by atoms with E-state index in [0.717, 1.165) is 4.52 Å². The molecule has 7 nitrogen and oxygen atoms in total. The number of nitrogens with one attached hydrogen (secondary N) is 1. The molecule has 2 rings (SSSR count).